The quantitative estimate of drug-likeness (QED) is 0.795. The van der Waals surface area contributed by atoms with Crippen LogP contribution in [0.4, 0.5) is 5.95 Å². The fourth-order valence-electron chi connectivity index (χ4n) is 1.94. The van der Waals surface area contributed by atoms with Crippen molar-refractivity contribution in [3.05, 3.63) is 58.7 Å². The number of fused-ring (bicyclic) bond motifs is 1. The number of hydrogen-bond acceptors (Lipinski definition) is 3. The van der Waals surface area contributed by atoms with Crippen LogP contribution in [0.25, 0.3) is 5.65 Å². The Labute approximate surface area is 116 Å². The molecule has 3 aromatic rings. The van der Waals surface area contributed by atoms with Crippen LogP contribution in [0.15, 0.2) is 42.6 Å². The van der Waals surface area contributed by atoms with E-state index < -0.39 is 0 Å². The summed E-state index contributed by atoms with van der Waals surface area (Å²) in [6.07, 6.45) is 1.74. The zero-order valence-corrected chi connectivity index (χ0v) is 11.2. The molecule has 0 radical (unpaired) electrons. The number of aromatic nitrogens is 3. The van der Waals surface area contributed by atoms with Crippen LogP contribution in [0.2, 0.25) is 5.02 Å². The summed E-state index contributed by atoms with van der Waals surface area (Å²) < 4.78 is 1.67. The van der Waals surface area contributed by atoms with Crippen LogP contribution in [-0.4, -0.2) is 14.6 Å². The molecule has 0 unspecified atom stereocenters. The number of hydrogen-bond donors (Lipinski definition) is 1. The Morgan fingerprint density at radius 3 is 3.00 bits per heavy atom. The van der Waals surface area contributed by atoms with Crippen molar-refractivity contribution in [1.29, 1.82) is 0 Å². The van der Waals surface area contributed by atoms with Gasteiger partial charge in [-0.1, -0.05) is 41.4 Å². The van der Waals surface area contributed by atoms with Gasteiger partial charge in [-0.05, 0) is 24.6 Å². The molecule has 0 atom stereocenters. The molecular weight excluding hydrogens is 260 g/mol. The zero-order chi connectivity index (χ0) is 13.2. The van der Waals surface area contributed by atoms with Crippen LogP contribution in [0.3, 0.4) is 0 Å². The lowest BCUT2D eigenvalue weighted by molar-refractivity contribution is 0.950. The lowest BCUT2D eigenvalue weighted by atomic mass is 10.1. The van der Waals surface area contributed by atoms with Gasteiger partial charge in [0.2, 0.25) is 5.95 Å². The fraction of sp³-hybridized carbons (Fsp3) is 0.143. The molecule has 0 bridgehead atoms. The van der Waals surface area contributed by atoms with E-state index in [9.17, 15) is 0 Å². The lowest BCUT2D eigenvalue weighted by Crippen LogP contribution is -2.01. The molecule has 2 heterocycles. The largest absolute Gasteiger partial charge is 0.349 e. The summed E-state index contributed by atoms with van der Waals surface area (Å²) in [6, 6.07) is 12.0. The number of nitrogens with zero attached hydrogens (tertiary/aromatic N) is 3. The summed E-state index contributed by atoms with van der Waals surface area (Å²) in [7, 11) is 0. The van der Waals surface area contributed by atoms with E-state index in [4.69, 9.17) is 11.6 Å². The lowest BCUT2D eigenvalue weighted by Gasteiger charge is -2.02. The highest BCUT2D eigenvalue weighted by Gasteiger charge is 2.03. The van der Waals surface area contributed by atoms with Crippen molar-refractivity contribution in [3.63, 3.8) is 0 Å². The molecule has 1 N–H and O–H groups in total. The van der Waals surface area contributed by atoms with Crippen LogP contribution in [0.5, 0.6) is 0 Å². The van der Waals surface area contributed by atoms with Crippen molar-refractivity contribution in [2.75, 3.05) is 5.32 Å². The smallest absolute Gasteiger partial charge is 0.243 e. The Hall–Kier alpha value is -2.07. The summed E-state index contributed by atoms with van der Waals surface area (Å²) in [6.45, 7) is 2.78. The minimum absolute atomic E-state index is 0.601. The van der Waals surface area contributed by atoms with Gasteiger partial charge in [-0.25, -0.2) is 4.52 Å². The molecule has 0 saturated carbocycles. The van der Waals surface area contributed by atoms with Gasteiger partial charge in [0.25, 0.3) is 0 Å². The Bertz CT molecular complexity index is 720. The Kier molecular flexibility index (Phi) is 3.09. The molecule has 4 nitrogen and oxygen atoms in total. The number of aryl methyl sites for hydroxylation is 1. The highest BCUT2D eigenvalue weighted by Crippen LogP contribution is 2.12. The average Bonchev–Trinajstić information content (AvgIpc) is 2.78. The Morgan fingerprint density at radius 1 is 1.26 bits per heavy atom. The molecule has 0 aliphatic carbocycles. The minimum atomic E-state index is 0.601. The van der Waals surface area contributed by atoms with Crippen molar-refractivity contribution >= 4 is 23.2 Å². The van der Waals surface area contributed by atoms with Crippen molar-refractivity contribution in [2.24, 2.45) is 0 Å². The summed E-state index contributed by atoms with van der Waals surface area (Å²) in [5.74, 6) is 0.601. The van der Waals surface area contributed by atoms with E-state index in [1.54, 1.807) is 16.8 Å². The maximum Gasteiger partial charge on any atom is 0.243 e. The monoisotopic (exact) mass is 272 g/mol. The molecule has 0 saturated heterocycles. The van der Waals surface area contributed by atoms with Crippen molar-refractivity contribution in [1.82, 2.24) is 14.6 Å². The number of anilines is 1. The van der Waals surface area contributed by atoms with E-state index >= 15 is 0 Å². The normalized spacial score (nSPS) is 10.8. The molecular formula is C14H13ClN4. The summed E-state index contributed by atoms with van der Waals surface area (Å²) in [5.41, 5.74) is 3.22. The Balaban J connectivity index is 1.78. The van der Waals surface area contributed by atoms with Gasteiger partial charge in [0.05, 0.1) is 5.02 Å². The SMILES string of the molecule is Cc1cccc(CNc2nc3ccc(Cl)cn3n2)c1. The third-order valence-corrected chi connectivity index (χ3v) is 3.05. The predicted octanol–water partition coefficient (Wildman–Crippen LogP) is 3.30. The third-order valence-electron chi connectivity index (χ3n) is 2.83. The number of pyridine rings is 1. The molecule has 0 aliphatic heterocycles. The number of rotatable bonds is 3. The molecule has 19 heavy (non-hydrogen) atoms. The predicted molar refractivity (Wildman–Crippen MR) is 76.5 cm³/mol. The first-order chi connectivity index (χ1) is 9.20. The molecule has 3 rings (SSSR count). The number of benzene rings is 1. The van der Waals surface area contributed by atoms with E-state index in [-0.39, 0.29) is 0 Å². The van der Waals surface area contributed by atoms with Gasteiger partial charge in [0.1, 0.15) is 0 Å². The zero-order valence-electron chi connectivity index (χ0n) is 10.5. The summed E-state index contributed by atoms with van der Waals surface area (Å²) in [5, 5.41) is 8.17. The van der Waals surface area contributed by atoms with E-state index in [2.05, 4.69) is 40.5 Å². The van der Waals surface area contributed by atoms with Gasteiger partial charge < -0.3 is 5.32 Å². The third kappa shape index (κ3) is 2.69. The molecule has 5 heteroatoms. The maximum atomic E-state index is 5.91. The second-order valence-electron chi connectivity index (χ2n) is 4.43. The molecule has 0 aliphatic rings. The highest BCUT2D eigenvalue weighted by molar-refractivity contribution is 6.30. The standard InChI is InChI=1S/C14H13ClN4/c1-10-3-2-4-11(7-10)8-16-14-17-13-6-5-12(15)9-19(13)18-14/h2-7,9H,8H2,1H3,(H,16,18). The van der Waals surface area contributed by atoms with E-state index in [1.165, 1.54) is 11.1 Å². The van der Waals surface area contributed by atoms with E-state index in [0.29, 0.717) is 17.5 Å². The van der Waals surface area contributed by atoms with Gasteiger partial charge in [-0.15, -0.1) is 5.10 Å². The molecule has 2 aromatic heterocycles. The number of halogens is 1. The fourth-order valence-corrected chi connectivity index (χ4v) is 2.09. The average molecular weight is 273 g/mol. The van der Waals surface area contributed by atoms with Crippen LogP contribution in [0.1, 0.15) is 11.1 Å². The molecule has 0 fully saturated rings. The van der Waals surface area contributed by atoms with Crippen LogP contribution < -0.4 is 5.32 Å². The molecule has 1 aromatic carbocycles. The highest BCUT2D eigenvalue weighted by atomic mass is 35.5. The van der Waals surface area contributed by atoms with Gasteiger partial charge in [-0.2, -0.15) is 4.98 Å². The summed E-state index contributed by atoms with van der Waals surface area (Å²) >= 11 is 5.91. The molecule has 96 valence electrons. The van der Waals surface area contributed by atoms with Crippen LogP contribution >= 0.6 is 11.6 Å². The summed E-state index contributed by atoms with van der Waals surface area (Å²) in [4.78, 5) is 4.37. The van der Waals surface area contributed by atoms with Gasteiger partial charge in [0, 0.05) is 12.7 Å². The van der Waals surface area contributed by atoms with Gasteiger partial charge >= 0.3 is 0 Å². The first-order valence-corrected chi connectivity index (χ1v) is 6.40. The van der Waals surface area contributed by atoms with Crippen molar-refractivity contribution < 1.29 is 0 Å². The van der Waals surface area contributed by atoms with E-state index in [1.807, 2.05) is 12.1 Å². The van der Waals surface area contributed by atoms with E-state index in [0.717, 1.165) is 5.65 Å². The topological polar surface area (TPSA) is 42.2 Å². The second kappa shape index (κ2) is 4.90. The number of nitrogens with one attached hydrogen (secondary N) is 1. The van der Waals surface area contributed by atoms with Gasteiger partial charge in [0.15, 0.2) is 5.65 Å². The first kappa shape index (κ1) is 12.0. The second-order valence-corrected chi connectivity index (χ2v) is 4.86. The van der Waals surface area contributed by atoms with Gasteiger partial charge in [-0.3, -0.25) is 0 Å². The molecule has 0 spiro atoms. The van der Waals surface area contributed by atoms with Crippen LogP contribution in [-0.2, 0) is 6.54 Å². The first-order valence-electron chi connectivity index (χ1n) is 6.02. The maximum absolute atomic E-state index is 5.91. The van der Waals surface area contributed by atoms with Crippen LogP contribution in [0, 0.1) is 6.92 Å². The Morgan fingerprint density at radius 2 is 2.16 bits per heavy atom. The van der Waals surface area contributed by atoms with Crippen molar-refractivity contribution in [2.45, 2.75) is 13.5 Å². The van der Waals surface area contributed by atoms with Crippen molar-refractivity contribution in [3.8, 4) is 0 Å². The minimum Gasteiger partial charge on any atom is -0.349 e. The molecule has 0 amide bonds.